The van der Waals surface area contributed by atoms with E-state index in [0.29, 0.717) is 29.6 Å². The number of rotatable bonds is 9. The maximum atomic E-state index is 13.2. The number of benzene rings is 1. The third-order valence-corrected chi connectivity index (χ3v) is 7.03. The number of carbonyl (C=O) groups excluding carboxylic acids is 1. The van der Waals surface area contributed by atoms with Crippen LogP contribution in [0.15, 0.2) is 35.6 Å². The van der Waals surface area contributed by atoms with Gasteiger partial charge in [0.2, 0.25) is 20.9 Å². The summed E-state index contributed by atoms with van der Waals surface area (Å²) in [6, 6.07) is 6.81. The summed E-state index contributed by atoms with van der Waals surface area (Å²) < 4.78 is 28.1. The van der Waals surface area contributed by atoms with E-state index < -0.39 is 9.84 Å². The second-order valence-corrected chi connectivity index (χ2v) is 11.0. The third-order valence-electron chi connectivity index (χ3n) is 5.11. The predicted octanol–water partition coefficient (Wildman–Crippen LogP) is 4.49. The zero-order chi connectivity index (χ0) is 22.1. The molecule has 0 unspecified atom stereocenters. The molecule has 3 rings (SSSR count). The van der Waals surface area contributed by atoms with E-state index in [9.17, 15) is 13.2 Å². The number of aromatic nitrogens is 2. The molecule has 1 fully saturated rings. The van der Waals surface area contributed by atoms with Crippen LogP contribution in [0.5, 0.6) is 0 Å². The van der Waals surface area contributed by atoms with E-state index in [1.165, 1.54) is 0 Å². The summed E-state index contributed by atoms with van der Waals surface area (Å²) in [5.41, 5.74) is 1.28. The monoisotopic (exact) mass is 451 g/mol. The molecule has 1 aromatic heterocycles. The van der Waals surface area contributed by atoms with Gasteiger partial charge in [-0.1, -0.05) is 43.6 Å². The minimum Gasteiger partial charge on any atom is -0.336 e. The van der Waals surface area contributed by atoms with Crippen molar-refractivity contribution in [2.45, 2.75) is 64.0 Å². The Balaban J connectivity index is 1.92. The minimum absolute atomic E-state index is 0.0239. The molecule has 6 nitrogen and oxygen atoms in total. The molecule has 164 valence electrons. The molecule has 1 aliphatic carbocycles. The topological polar surface area (TPSA) is 72.3 Å². The van der Waals surface area contributed by atoms with E-state index in [1.54, 1.807) is 35.0 Å². The lowest BCUT2D eigenvalue weighted by Crippen LogP contribution is -2.35. The molecule has 8 heteroatoms. The van der Waals surface area contributed by atoms with Crippen LogP contribution in [0.4, 0.5) is 0 Å². The molecule has 1 saturated carbocycles. The van der Waals surface area contributed by atoms with Gasteiger partial charge in [-0.25, -0.2) is 13.4 Å². The zero-order valence-electron chi connectivity index (χ0n) is 18.0. The first kappa shape index (κ1) is 22.8. The van der Waals surface area contributed by atoms with E-state index in [-0.39, 0.29) is 28.8 Å². The fraction of sp³-hybridized carbons (Fsp3) is 0.545. The van der Waals surface area contributed by atoms with Crippen LogP contribution in [-0.4, -0.2) is 35.3 Å². The van der Waals surface area contributed by atoms with Gasteiger partial charge in [0, 0.05) is 23.5 Å². The number of imidazole rings is 1. The number of hydrogen-bond acceptors (Lipinski definition) is 4. The van der Waals surface area contributed by atoms with Gasteiger partial charge in [0.05, 0.1) is 24.2 Å². The lowest BCUT2D eigenvalue weighted by Gasteiger charge is -2.26. The predicted molar refractivity (Wildman–Crippen MR) is 118 cm³/mol. The minimum atomic E-state index is -3.71. The van der Waals surface area contributed by atoms with Crippen molar-refractivity contribution >= 4 is 27.3 Å². The summed E-state index contributed by atoms with van der Waals surface area (Å²) in [4.78, 5) is 18.9. The van der Waals surface area contributed by atoms with E-state index in [0.717, 1.165) is 18.5 Å². The molecule has 0 N–H and O–H groups in total. The molecule has 1 amide bonds. The normalized spacial score (nSPS) is 14.5. The molecule has 1 heterocycles. The Morgan fingerprint density at radius 2 is 1.90 bits per heavy atom. The summed E-state index contributed by atoms with van der Waals surface area (Å²) in [5.74, 6) is 0.377. The van der Waals surface area contributed by atoms with Crippen molar-refractivity contribution in [3.63, 3.8) is 0 Å². The highest BCUT2D eigenvalue weighted by Crippen LogP contribution is 2.32. The number of hydrogen-bond donors (Lipinski definition) is 0. The molecule has 1 aliphatic rings. The van der Waals surface area contributed by atoms with E-state index in [4.69, 9.17) is 11.6 Å². The Morgan fingerprint density at radius 1 is 1.23 bits per heavy atom. The number of carbonyl (C=O) groups is 1. The van der Waals surface area contributed by atoms with E-state index in [1.807, 2.05) is 18.7 Å². The van der Waals surface area contributed by atoms with Gasteiger partial charge in [0.25, 0.3) is 0 Å². The quantitative estimate of drug-likeness (QED) is 0.563. The smallest absolute Gasteiger partial charge is 0.228 e. The van der Waals surface area contributed by atoms with Crippen LogP contribution in [0.3, 0.4) is 0 Å². The van der Waals surface area contributed by atoms with Gasteiger partial charge in [0.15, 0.2) is 0 Å². The van der Waals surface area contributed by atoms with Crippen LogP contribution in [0.2, 0.25) is 5.02 Å². The van der Waals surface area contributed by atoms with Crippen molar-refractivity contribution < 1.29 is 13.2 Å². The maximum absolute atomic E-state index is 13.2. The van der Waals surface area contributed by atoms with Gasteiger partial charge in [-0.2, -0.15) is 0 Å². The SMILES string of the molecule is CC(C)CN(Cc1cnc(S(=O)(=O)Cc2ccccc2Cl)n1C(C)C)C(=O)C1CC1. The van der Waals surface area contributed by atoms with Crippen LogP contribution in [0.25, 0.3) is 0 Å². The highest BCUT2D eigenvalue weighted by molar-refractivity contribution is 7.90. The molecule has 2 aromatic rings. The Morgan fingerprint density at radius 3 is 2.47 bits per heavy atom. The lowest BCUT2D eigenvalue weighted by molar-refractivity contribution is -0.133. The Bertz CT molecular complexity index is 1010. The van der Waals surface area contributed by atoms with Gasteiger partial charge in [-0.3, -0.25) is 4.79 Å². The van der Waals surface area contributed by atoms with Crippen LogP contribution < -0.4 is 0 Å². The fourth-order valence-electron chi connectivity index (χ4n) is 3.62. The van der Waals surface area contributed by atoms with Crippen molar-refractivity contribution in [2.75, 3.05) is 6.54 Å². The maximum Gasteiger partial charge on any atom is 0.228 e. The molecule has 0 saturated heterocycles. The van der Waals surface area contributed by atoms with Gasteiger partial charge < -0.3 is 9.47 Å². The lowest BCUT2D eigenvalue weighted by atomic mass is 10.2. The van der Waals surface area contributed by atoms with Crippen LogP contribution in [-0.2, 0) is 26.9 Å². The van der Waals surface area contributed by atoms with Crippen molar-refractivity contribution in [3.8, 4) is 0 Å². The fourth-order valence-corrected chi connectivity index (χ4v) is 5.53. The number of halogens is 1. The Hall–Kier alpha value is -1.86. The average molecular weight is 452 g/mol. The Kier molecular flexibility index (Phi) is 6.92. The van der Waals surface area contributed by atoms with Gasteiger partial charge in [-0.15, -0.1) is 0 Å². The highest BCUT2D eigenvalue weighted by Gasteiger charge is 2.34. The largest absolute Gasteiger partial charge is 0.336 e. The standard InChI is InChI=1S/C22H30ClN3O3S/c1-15(2)12-25(21(27)17-9-10-17)13-19-11-24-22(26(19)16(3)4)30(28,29)14-18-7-5-6-8-20(18)23/h5-8,11,15-17H,9-10,12-14H2,1-4H3. The first-order chi connectivity index (χ1) is 14.1. The van der Waals surface area contributed by atoms with Crippen molar-refractivity contribution in [1.82, 2.24) is 14.5 Å². The van der Waals surface area contributed by atoms with E-state index in [2.05, 4.69) is 18.8 Å². The Labute approximate surface area is 184 Å². The summed E-state index contributed by atoms with van der Waals surface area (Å²) in [6.07, 6.45) is 3.47. The average Bonchev–Trinajstić information content (AvgIpc) is 3.41. The van der Waals surface area contributed by atoms with Crippen LogP contribution >= 0.6 is 11.6 Å². The first-order valence-electron chi connectivity index (χ1n) is 10.4. The molecule has 0 aliphatic heterocycles. The first-order valence-corrected chi connectivity index (χ1v) is 12.4. The van der Waals surface area contributed by atoms with Gasteiger partial charge in [0.1, 0.15) is 0 Å². The second-order valence-electron chi connectivity index (χ2n) is 8.73. The molecule has 0 spiro atoms. The molecule has 30 heavy (non-hydrogen) atoms. The molecular formula is C22H30ClN3O3S. The second kappa shape index (κ2) is 9.10. The zero-order valence-corrected chi connectivity index (χ0v) is 19.6. The van der Waals surface area contributed by atoms with Crippen LogP contribution in [0, 0.1) is 11.8 Å². The summed E-state index contributed by atoms with van der Waals surface area (Å²) >= 11 is 6.18. The van der Waals surface area contributed by atoms with Gasteiger partial charge in [-0.05, 0) is 44.2 Å². The van der Waals surface area contributed by atoms with Gasteiger partial charge >= 0.3 is 0 Å². The summed E-state index contributed by atoms with van der Waals surface area (Å²) in [6.45, 7) is 9.00. The van der Waals surface area contributed by atoms with Crippen molar-refractivity contribution in [2.24, 2.45) is 11.8 Å². The summed E-state index contributed by atoms with van der Waals surface area (Å²) in [5, 5.41) is 0.442. The molecule has 0 atom stereocenters. The molecular weight excluding hydrogens is 422 g/mol. The number of amides is 1. The highest BCUT2D eigenvalue weighted by atomic mass is 35.5. The van der Waals surface area contributed by atoms with Crippen molar-refractivity contribution in [3.05, 3.63) is 46.7 Å². The summed E-state index contributed by atoms with van der Waals surface area (Å²) in [7, 11) is -3.71. The third kappa shape index (κ3) is 5.24. The number of sulfone groups is 1. The number of nitrogens with zero attached hydrogens (tertiary/aromatic N) is 3. The molecule has 1 aromatic carbocycles. The van der Waals surface area contributed by atoms with E-state index >= 15 is 0 Å². The molecule has 0 radical (unpaired) electrons. The molecule has 0 bridgehead atoms. The van der Waals surface area contributed by atoms with Crippen molar-refractivity contribution in [1.29, 1.82) is 0 Å². The van der Waals surface area contributed by atoms with Crippen LogP contribution in [0.1, 0.15) is 57.8 Å².